The van der Waals surface area contributed by atoms with Crippen LogP contribution in [0.3, 0.4) is 0 Å². The maximum Gasteiger partial charge on any atom is 0.328 e. The molecular weight excluding hydrogens is 328 g/mol. The molecule has 1 N–H and O–H groups in total. The fraction of sp³-hybridized carbons (Fsp3) is 0.154. The van der Waals surface area contributed by atoms with Crippen LogP contribution in [0.4, 0.5) is 0 Å². The molecule has 0 bridgehead atoms. The molecule has 0 saturated heterocycles. The number of ether oxygens (including phenoxy) is 1. The number of benzene rings is 1. The molecular formula is C13H11BrN2O4. The minimum Gasteiger partial charge on any atom is -0.496 e. The minimum absolute atomic E-state index is 0.144. The summed E-state index contributed by atoms with van der Waals surface area (Å²) in [6.07, 6.45) is 1.29. The molecule has 104 valence electrons. The van der Waals surface area contributed by atoms with E-state index in [0.29, 0.717) is 15.8 Å². The summed E-state index contributed by atoms with van der Waals surface area (Å²) in [5.41, 5.74) is -0.667. The highest BCUT2D eigenvalue weighted by Gasteiger charge is 2.10. The maximum atomic E-state index is 12.1. The minimum atomic E-state index is -0.613. The Morgan fingerprint density at radius 3 is 2.70 bits per heavy atom. The number of H-pyrrole nitrogens is 1. The molecule has 2 rings (SSSR count). The van der Waals surface area contributed by atoms with Crippen LogP contribution in [0.25, 0.3) is 0 Å². The Bertz CT molecular complexity index is 763. The van der Waals surface area contributed by atoms with Gasteiger partial charge < -0.3 is 4.74 Å². The molecule has 7 heteroatoms. The lowest BCUT2D eigenvalue weighted by atomic mass is 10.1. The Kier molecular flexibility index (Phi) is 4.19. The molecule has 2 aromatic rings. The summed E-state index contributed by atoms with van der Waals surface area (Å²) < 4.78 is 6.87. The summed E-state index contributed by atoms with van der Waals surface area (Å²) in [6.45, 7) is -0.144. The zero-order valence-electron chi connectivity index (χ0n) is 10.6. The first-order valence-corrected chi connectivity index (χ1v) is 6.47. The summed E-state index contributed by atoms with van der Waals surface area (Å²) in [5, 5.41) is 0. The number of halogens is 1. The topological polar surface area (TPSA) is 81.2 Å². The average Bonchev–Trinajstić information content (AvgIpc) is 2.41. The van der Waals surface area contributed by atoms with Crippen LogP contribution in [-0.2, 0) is 6.54 Å². The number of hydrogen-bond acceptors (Lipinski definition) is 4. The van der Waals surface area contributed by atoms with Crippen molar-refractivity contribution in [2.75, 3.05) is 7.11 Å². The highest BCUT2D eigenvalue weighted by Crippen LogP contribution is 2.25. The number of carbonyl (C=O) groups excluding carboxylic acids is 1. The van der Waals surface area contributed by atoms with Gasteiger partial charge in [0.15, 0.2) is 5.78 Å². The Labute approximate surface area is 122 Å². The predicted octanol–water partition coefficient (Wildman–Crippen LogP) is 1.19. The van der Waals surface area contributed by atoms with Crippen molar-refractivity contribution in [2.45, 2.75) is 6.54 Å². The molecule has 0 atom stereocenters. The number of aromatic amines is 1. The monoisotopic (exact) mass is 338 g/mol. The molecule has 0 radical (unpaired) electrons. The van der Waals surface area contributed by atoms with Crippen LogP contribution >= 0.6 is 15.9 Å². The largest absolute Gasteiger partial charge is 0.496 e. The van der Waals surface area contributed by atoms with Gasteiger partial charge in [0.25, 0.3) is 5.56 Å². The number of carbonyl (C=O) groups is 1. The molecule has 0 spiro atoms. The average molecular weight is 339 g/mol. The highest BCUT2D eigenvalue weighted by molar-refractivity contribution is 9.10. The molecule has 1 heterocycles. The first kappa shape index (κ1) is 14.3. The van der Waals surface area contributed by atoms with E-state index < -0.39 is 11.2 Å². The molecule has 0 unspecified atom stereocenters. The van der Waals surface area contributed by atoms with Crippen LogP contribution in [0.15, 0.2) is 44.5 Å². The third-order valence-corrected chi connectivity index (χ3v) is 3.30. The van der Waals surface area contributed by atoms with E-state index in [1.54, 1.807) is 18.2 Å². The van der Waals surface area contributed by atoms with Crippen LogP contribution in [0, 0.1) is 0 Å². The number of nitrogens with zero attached hydrogens (tertiary/aromatic N) is 1. The molecule has 20 heavy (non-hydrogen) atoms. The number of aromatic nitrogens is 2. The number of rotatable bonds is 4. The van der Waals surface area contributed by atoms with Crippen LogP contribution < -0.4 is 16.0 Å². The summed E-state index contributed by atoms with van der Waals surface area (Å²) >= 11 is 3.29. The number of nitrogens with one attached hydrogen (secondary N) is 1. The van der Waals surface area contributed by atoms with Crippen molar-refractivity contribution in [3.8, 4) is 5.75 Å². The molecule has 1 aromatic heterocycles. The standard InChI is InChI=1S/C13H11BrN2O4/c1-20-11-3-2-8(6-9(11)14)10(17)7-16-5-4-12(18)15-13(16)19/h2-6H,7H2,1H3,(H,15,18,19). The van der Waals surface area contributed by atoms with Crippen molar-refractivity contribution in [1.29, 1.82) is 0 Å². The first-order chi connectivity index (χ1) is 9.51. The Morgan fingerprint density at radius 1 is 1.35 bits per heavy atom. The molecule has 6 nitrogen and oxygen atoms in total. The second kappa shape index (κ2) is 5.87. The lowest BCUT2D eigenvalue weighted by Crippen LogP contribution is -2.30. The van der Waals surface area contributed by atoms with Gasteiger partial charge in [-0.1, -0.05) is 0 Å². The van der Waals surface area contributed by atoms with Gasteiger partial charge >= 0.3 is 5.69 Å². The van der Waals surface area contributed by atoms with Gasteiger partial charge in [-0.2, -0.15) is 0 Å². The van der Waals surface area contributed by atoms with Gasteiger partial charge in [0.05, 0.1) is 18.1 Å². The molecule has 0 aliphatic rings. The zero-order chi connectivity index (χ0) is 14.7. The van der Waals surface area contributed by atoms with Gasteiger partial charge in [0, 0.05) is 17.8 Å². The zero-order valence-corrected chi connectivity index (χ0v) is 12.1. The van der Waals surface area contributed by atoms with Gasteiger partial charge in [0.1, 0.15) is 5.75 Å². The molecule has 1 aromatic carbocycles. The molecule has 0 amide bonds. The molecule has 0 fully saturated rings. The van der Waals surface area contributed by atoms with E-state index in [2.05, 4.69) is 20.9 Å². The van der Waals surface area contributed by atoms with Gasteiger partial charge in [-0.3, -0.25) is 19.1 Å². The molecule has 0 saturated carbocycles. The third-order valence-electron chi connectivity index (χ3n) is 2.68. The van der Waals surface area contributed by atoms with Gasteiger partial charge in [-0.25, -0.2) is 4.79 Å². The van der Waals surface area contributed by atoms with Crippen molar-refractivity contribution in [1.82, 2.24) is 9.55 Å². The van der Waals surface area contributed by atoms with Gasteiger partial charge in [-0.05, 0) is 34.1 Å². The highest BCUT2D eigenvalue weighted by atomic mass is 79.9. The Balaban J connectivity index is 2.26. The van der Waals surface area contributed by atoms with Crippen LogP contribution in [0.2, 0.25) is 0 Å². The summed E-state index contributed by atoms with van der Waals surface area (Å²) in [6, 6.07) is 6.09. The van der Waals surface area contributed by atoms with E-state index in [-0.39, 0.29) is 12.3 Å². The smallest absolute Gasteiger partial charge is 0.328 e. The SMILES string of the molecule is COc1ccc(C(=O)Cn2ccc(=O)[nH]c2=O)cc1Br. The van der Waals surface area contributed by atoms with Crippen molar-refractivity contribution in [3.05, 3.63) is 61.3 Å². The number of Topliss-reactive ketones (excluding diaryl/α,β-unsaturated/α-hetero) is 1. The lowest BCUT2D eigenvalue weighted by Gasteiger charge is -2.07. The molecule has 0 aliphatic heterocycles. The Hall–Kier alpha value is -2.15. The summed E-state index contributed by atoms with van der Waals surface area (Å²) in [7, 11) is 1.53. The third kappa shape index (κ3) is 3.05. The normalized spacial score (nSPS) is 10.3. The van der Waals surface area contributed by atoms with E-state index in [9.17, 15) is 14.4 Å². The fourth-order valence-corrected chi connectivity index (χ4v) is 2.20. The van der Waals surface area contributed by atoms with Crippen LogP contribution in [0.5, 0.6) is 5.75 Å². The van der Waals surface area contributed by atoms with Crippen molar-refractivity contribution < 1.29 is 9.53 Å². The number of methoxy groups -OCH3 is 1. The van der Waals surface area contributed by atoms with Gasteiger partial charge in [-0.15, -0.1) is 0 Å². The predicted molar refractivity (Wildman–Crippen MR) is 76.3 cm³/mol. The summed E-state index contributed by atoms with van der Waals surface area (Å²) in [5.74, 6) is 0.366. The van der Waals surface area contributed by atoms with E-state index in [4.69, 9.17) is 4.74 Å². The number of hydrogen-bond donors (Lipinski definition) is 1. The Morgan fingerprint density at radius 2 is 2.10 bits per heavy atom. The van der Waals surface area contributed by atoms with E-state index >= 15 is 0 Å². The fourth-order valence-electron chi connectivity index (χ4n) is 1.65. The second-order valence-corrected chi connectivity index (χ2v) is 4.86. The lowest BCUT2D eigenvalue weighted by molar-refractivity contribution is 0.0970. The van der Waals surface area contributed by atoms with Crippen molar-refractivity contribution in [3.63, 3.8) is 0 Å². The molecule has 0 aliphatic carbocycles. The van der Waals surface area contributed by atoms with E-state index in [0.717, 1.165) is 4.57 Å². The van der Waals surface area contributed by atoms with Crippen LogP contribution in [0.1, 0.15) is 10.4 Å². The van der Waals surface area contributed by atoms with Gasteiger partial charge in [0.2, 0.25) is 0 Å². The van der Waals surface area contributed by atoms with Crippen molar-refractivity contribution in [2.24, 2.45) is 0 Å². The number of ketones is 1. The maximum absolute atomic E-state index is 12.1. The van der Waals surface area contributed by atoms with Crippen molar-refractivity contribution >= 4 is 21.7 Å². The summed E-state index contributed by atoms with van der Waals surface area (Å²) in [4.78, 5) is 36.6. The van der Waals surface area contributed by atoms with Crippen LogP contribution in [-0.4, -0.2) is 22.4 Å². The van der Waals surface area contributed by atoms with E-state index in [1.165, 1.54) is 19.4 Å². The van der Waals surface area contributed by atoms with E-state index in [1.807, 2.05) is 0 Å². The second-order valence-electron chi connectivity index (χ2n) is 4.01. The first-order valence-electron chi connectivity index (χ1n) is 5.68. The quantitative estimate of drug-likeness (QED) is 0.849.